The van der Waals surface area contributed by atoms with Crippen LogP contribution in [0.1, 0.15) is 5.89 Å². The summed E-state index contributed by atoms with van der Waals surface area (Å²) in [6.45, 7) is 0. The molecular formula is C17H14FN3O4S2. The van der Waals surface area contributed by atoms with Gasteiger partial charge in [0.2, 0.25) is 11.8 Å². The molecule has 0 atom stereocenters. The Hall–Kier alpha value is -2.72. The first-order valence-electron chi connectivity index (χ1n) is 7.71. The Morgan fingerprint density at radius 3 is 2.48 bits per heavy atom. The summed E-state index contributed by atoms with van der Waals surface area (Å²) in [5, 5.41) is 9.68. The van der Waals surface area contributed by atoms with Gasteiger partial charge in [0, 0.05) is 4.90 Å². The Balaban J connectivity index is 1.56. The summed E-state index contributed by atoms with van der Waals surface area (Å²) in [6, 6.07) is 13.4. The van der Waals surface area contributed by atoms with Crippen LogP contribution >= 0.6 is 11.8 Å². The Kier molecular flexibility index (Phi) is 5.87. The van der Waals surface area contributed by atoms with Crippen molar-refractivity contribution in [3.8, 4) is 0 Å². The average molecular weight is 407 g/mol. The SMILES string of the molecule is O=C(CSc1ccc(F)cc1)Nc1nnc(CS(=O)(=O)c2ccccc2)o1. The van der Waals surface area contributed by atoms with E-state index in [2.05, 4.69) is 15.5 Å². The molecule has 0 saturated heterocycles. The third-order valence-electron chi connectivity index (χ3n) is 3.31. The van der Waals surface area contributed by atoms with Gasteiger partial charge < -0.3 is 4.42 Å². The summed E-state index contributed by atoms with van der Waals surface area (Å²) in [6.07, 6.45) is 0. The number of hydrogen-bond acceptors (Lipinski definition) is 7. The highest BCUT2D eigenvalue weighted by molar-refractivity contribution is 8.00. The molecule has 0 radical (unpaired) electrons. The molecule has 2 aromatic carbocycles. The molecule has 0 saturated carbocycles. The minimum Gasteiger partial charge on any atom is -0.407 e. The van der Waals surface area contributed by atoms with E-state index in [4.69, 9.17) is 4.42 Å². The lowest BCUT2D eigenvalue weighted by Crippen LogP contribution is -2.14. The second-order valence-corrected chi connectivity index (χ2v) is 8.40. The lowest BCUT2D eigenvalue weighted by atomic mass is 10.4. The monoisotopic (exact) mass is 407 g/mol. The number of rotatable bonds is 7. The smallest absolute Gasteiger partial charge is 0.322 e. The maximum Gasteiger partial charge on any atom is 0.322 e. The van der Waals surface area contributed by atoms with Crippen molar-refractivity contribution in [2.45, 2.75) is 15.5 Å². The molecule has 0 aliphatic heterocycles. The molecule has 0 aliphatic rings. The summed E-state index contributed by atoms with van der Waals surface area (Å²) >= 11 is 1.21. The maximum absolute atomic E-state index is 12.8. The standard InChI is InChI=1S/C17H14FN3O4S2/c18-12-6-8-13(9-7-12)26-10-15(22)19-17-21-20-16(25-17)11-27(23,24)14-4-2-1-3-5-14/h1-9H,10-11H2,(H,19,21,22). The van der Waals surface area contributed by atoms with Crippen LogP contribution < -0.4 is 5.32 Å². The zero-order valence-corrected chi connectivity index (χ0v) is 15.5. The van der Waals surface area contributed by atoms with Crippen molar-refractivity contribution >= 4 is 33.5 Å². The topological polar surface area (TPSA) is 102 Å². The van der Waals surface area contributed by atoms with Gasteiger partial charge in [-0.3, -0.25) is 10.1 Å². The van der Waals surface area contributed by atoms with Gasteiger partial charge in [-0.05, 0) is 36.4 Å². The number of aromatic nitrogens is 2. The predicted molar refractivity (Wildman–Crippen MR) is 97.4 cm³/mol. The van der Waals surface area contributed by atoms with Crippen LogP contribution in [-0.4, -0.2) is 30.3 Å². The fourth-order valence-electron chi connectivity index (χ4n) is 2.07. The molecule has 1 amide bonds. The molecule has 27 heavy (non-hydrogen) atoms. The highest BCUT2D eigenvalue weighted by Gasteiger charge is 2.20. The van der Waals surface area contributed by atoms with E-state index in [-0.39, 0.29) is 28.4 Å². The molecule has 1 heterocycles. The highest BCUT2D eigenvalue weighted by Crippen LogP contribution is 2.19. The van der Waals surface area contributed by atoms with Crippen molar-refractivity contribution in [2.24, 2.45) is 0 Å². The highest BCUT2D eigenvalue weighted by atomic mass is 32.2. The van der Waals surface area contributed by atoms with Crippen molar-refractivity contribution in [3.63, 3.8) is 0 Å². The number of benzene rings is 2. The van der Waals surface area contributed by atoms with Gasteiger partial charge >= 0.3 is 6.01 Å². The van der Waals surface area contributed by atoms with Crippen molar-refractivity contribution in [2.75, 3.05) is 11.1 Å². The molecule has 0 aliphatic carbocycles. The lowest BCUT2D eigenvalue weighted by Gasteiger charge is -2.02. The number of halogens is 1. The van der Waals surface area contributed by atoms with Gasteiger partial charge in [-0.2, -0.15) is 0 Å². The molecule has 3 aromatic rings. The van der Waals surface area contributed by atoms with Crippen molar-refractivity contribution in [1.82, 2.24) is 10.2 Å². The first kappa shape index (κ1) is 19.1. The Morgan fingerprint density at radius 1 is 1.07 bits per heavy atom. The van der Waals surface area contributed by atoms with E-state index in [0.717, 1.165) is 4.90 Å². The predicted octanol–water partition coefficient (Wildman–Crippen LogP) is 2.91. The normalized spacial score (nSPS) is 11.3. The molecule has 0 bridgehead atoms. The second-order valence-electron chi connectivity index (χ2n) is 5.36. The molecule has 10 heteroatoms. The van der Waals surface area contributed by atoms with Crippen LogP contribution in [0.25, 0.3) is 0 Å². The average Bonchev–Trinajstić information content (AvgIpc) is 3.08. The fourth-order valence-corrected chi connectivity index (χ4v) is 3.95. The number of thioether (sulfide) groups is 1. The number of carbonyl (C=O) groups is 1. The molecule has 3 rings (SSSR count). The molecule has 1 aromatic heterocycles. The summed E-state index contributed by atoms with van der Waals surface area (Å²) in [5.41, 5.74) is 0. The van der Waals surface area contributed by atoms with Crippen LogP contribution in [0, 0.1) is 5.82 Å². The first-order valence-corrected chi connectivity index (χ1v) is 10.3. The first-order chi connectivity index (χ1) is 12.9. The largest absolute Gasteiger partial charge is 0.407 e. The van der Waals surface area contributed by atoms with Crippen molar-refractivity contribution in [1.29, 1.82) is 0 Å². The number of anilines is 1. The van der Waals surface area contributed by atoms with E-state index in [1.165, 1.54) is 36.0 Å². The zero-order valence-electron chi connectivity index (χ0n) is 13.8. The zero-order chi connectivity index (χ0) is 19.3. The summed E-state index contributed by atoms with van der Waals surface area (Å²) in [4.78, 5) is 12.8. The number of nitrogens with zero attached hydrogens (tertiary/aromatic N) is 2. The fraction of sp³-hybridized carbons (Fsp3) is 0.118. The molecule has 140 valence electrons. The number of carbonyl (C=O) groups excluding carboxylic acids is 1. The Labute approximate surface area is 158 Å². The third kappa shape index (κ3) is 5.38. The van der Waals surface area contributed by atoms with E-state index in [0.29, 0.717) is 0 Å². The molecule has 0 spiro atoms. The van der Waals surface area contributed by atoms with Crippen LogP contribution in [-0.2, 0) is 20.4 Å². The number of amides is 1. The quantitative estimate of drug-likeness (QED) is 0.601. The summed E-state index contributed by atoms with van der Waals surface area (Å²) in [7, 11) is -3.62. The minimum absolute atomic E-state index is 0.0473. The number of nitrogens with one attached hydrogen (secondary N) is 1. The van der Waals surface area contributed by atoms with Crippen LogP contribution in [0.4, 0.5) is 10.4 Å². The van der Waals surface area contributed by atoms with Gasteiger partial charge in [0.15, 0.2) is 9.84 Å². The van der Waals surface area contributed by atoms with Gasteiger partial charge in [-0.15, -0.1) is 16.9 Å². The van der Waals surface area contributed by atoms with Gasteiger partial charge in [-0.1, -0.05) is 23.3 Å². The van der Waals surface area contributed by atoms with Crippen LogP contribution in [0.3, 0.4) is 0 Å². The van der Waals surface area contributed by atoms with Gasteiger partial charge in [0.1, 0.15) is 11.6 Å². The summed E-state index contributed by atoms with van der Waals surface area (Å²) < 4.78 is 42.6. The van der Waals surface area contributed by atoms with Crippen LogP contribution in [0.5, 0.6) is 0 Å². The van der Waals surface area contributed by atoms with Crippen LogP contribution in [0.2, 0.25) is 0 Å². The lowest BCUT2D eigenvalue weighted by molar-refractivity contribution is -0.113. The number of hydrogen-bond donors (Lipinski definition) is 1. The minimum atomic E-state index is -3.62. The van der Waals surface area contributed by atoms with E-state index in [1.807, 2.05) is 0 Å². The second kappa shape index (κ2) is 8.31. The van der Waals surface area contributed by atoms with E-state index in [1.54, 1.807) is 30.3 Å². The molecule has 0 fully saturated rings. The molecule has 7 nitrogen and oxygen atoms in total. The Bertz CT molecular complexity index is 1020. The van der Waals surface area contributed by atoms with E-state index >= 15 is 0 Å². The third-order valence-corrected chi connectivity index (χ3v) is 5.94. The van der Waals surface area contributed by atoms with E-state index < -0.39 is 21.5 Å². The number of sulfone groups is 1. The van der Waals surface area contributed by atoms with Gasteiger partial charge in [-0.25, -0.2) is 12.8 Å². The van der Waals surface area contributed by atoms with Crippen molar-refractivity contribution < 1.29 is 22.0 Å². The molecule has 0 unspecified atom stereocenters. The molecule has 1 N–H and O–H groups in total. The van der Waals surface area contributed by atoms with Crippen LogP contribution in [0.15, 0.2) is 68.8 Å². The van der Waals surface area contributed by atoms with E-state index in [9.17, 15) is 17.6 Å². The molecular weight excluding hydrogens is 393 g/mol. The maximum atomic E-state index is 12.8. The summed E-state index contributed by atoms with van der Waals surface area (Å²) in [5.74, 6) is -1.31. The van der Waals surface area contributed by atoms with Gasteiger partial charge in [0.25, 0.3) is 0 Å². The van der Waals surface area contributed by atoms with Crippen molar-refractivity contribution in [3.05, 3.63) is 66.3 Å². The Morgan fingerprint density at radius 2 is 1.78 bits per heavy atom. The van der Waals surface area contributed by atoms with Gasteiger partial charge in [0.05, 0.1) is 10.6 Å².